The van der Waals surface area contributed by atoms with E-state index in [4.69, 9.17) is 11.6 Å². The summed E-state index contributed by atoms with van der Waals surface area (Å²) in [5.41, 5.74) is 2.99. The Kier molecular flexibility index (Phi) is 5.21. The molecule has 3 nitrogen and oxygen atoms in total. The van der Waals surface area contributed by atoms with Crippen molar-refractivity contribution in [3.8, 4) is 0 Å². The van der Waals surface area contributed by atoms with E-state index in [0.29, 0.717) is 17.9 Å². The van der Waals surface area contributed by atoms with E-state index in [9.17, 15) is 5.11 Å². The summed E-state index contributed by atoms with van der Waals surface area (Å²) in [6, 6.07) is 10.0. The Labute approximate surface area is 125 Å². The molecule has 4 heteroatoms. The third-order valence-electron chi connectivity index (χ3n) is 3.44. The molecule has 1 aromatic carbocycles. The van der Waals surface area contributed by atoms with Crippen LogP contribution in [-0.4, -0.2) is 21.0 Å². The molecule has 1 aromatic heterocycles. The summed E-state index contributed by atoms with van der Waals surface area (Å²) >= 11 is 6.36. The van der Waals surface area contributed by atoms with Crippen LogP contribution in [0.4, 0.5) is 0 Å². The molecule has 0 fully saturated rings. The van der Waals surface area contributed by atoms with E-state index < -0.39 is 6.10 Å². The van der Waals surface area contributed by atoms with E-state index in [1.165, 1.54) is 0 Å². The van der Waals surface area contributed by atoms with Gasteiger partial charge >= 0.3 is 0 Å². The quantitative estimate of drug-likeness (QED) is 0.887. The van der Waals surface area contributed by atoms with Crippen LogP contribution in [0.1, 0.15) is 30.8 Å². The van der Waals surface area contributed by atoms with E-state index in [-0.39, 0.29) is 0 Å². The molecule has 0 spiro atoms. The van der Waals surface area contributed by atoms with Crippen LogP contribution in [0, 0.1) is 0 Å². The maximum atomic E-state index is 10.3. The second-order valence-electron chi connectivity index (χ2n) is 4.92. The van der Waals surface area contributed by atoms with Crippen molar-refractivity contribution in [3.05, 3.63) is 52.3 Å². The molecule has 1 unspecified atom stereocenters. The number of hydrogen-bond acceptors (Lipinski definition) is 2. The Hall–Kier alpha value is -1.32. The van der Waals surface area contributed by atoms with Crippen molar-refractivity contribution in [1.29, 1.82) is 0 Å². The van der Waals surface area contributed by atoms with Gasteiger partial charge in [0.2, 0.25) is 0 Å². The lowest BCUT2D eigenvalue weighted by Gasteiger charge is -2.12. The lowest BCUT2D eigenvalue weighted by molar-refractivity contribution is 0.172. The van der Waals surface area contributed by atoms with Gasteiger partial charge in [-0.05, 0) is 25.3 Å². The zero-order chi connectivity index (χ0) is 14.5. The highest BCUT2D eigenvalue weighted by Gasteiger charge is 2.17. The minimum absolute atomic E-state index is 0.443. The minimum Gasteiger partial charge on any atom is -0.392 e. The van der Waals surface area contributed by atoms with Crippen molar-refractivity contribution >= 4 is 11.6 Å². The average molecular weight is 293 g/mol. The van der Waals surface area contributed by atoms with Crippen LogP contribution in [0.5, 0.6) is 0 Å². The van der Waals surface area contributed by atoms with Gasteiger partial charge in [-0.25, -0.2) is 0 Å². The van der Waals surface area contributed by atoms with Gasteiger partial charge in [0.25, 0.3) is 0 Å². The van der Waals surface area contributed by atoms with Gasteiger partial charge in [0.1, 0.15) is 0 Å². The first-order valence-electron chi connectivity index (χ1n) is 7.11. The maximum Gasteiger partial charge on any atom is 0.0850 e. The van der Waals surface area contributed by atoms with E-state index in [0.717, 1.165) is 29.9 Å². The molecule has 0 saturated heterocycles. The lowest BCUT2D eigenvalue weighted by atomic mass is 10.0. The summed E-state index contributed by atoms with van der Waals surface area (Å²) in [7, 11) is 0. The number of rotatable bonds is 6. The number of benzene rings is 1. The Morgan fingerprint density at radius 2 is 1.90 bits per heavy atom. The predicted octanol–water partition coefficient (Wildman–Crippen LogP) is 3.26. The number of aliphatic hydroxyl groups excluding tert-OH is 1. The topological polar surface area (TPSA) is 38.0 Å². The molecule has 0 amide bonds. The fraction of sp³-hybridized carbons (Fsp3) is 0.438. The molecular formula is C16H21ClN2O. The normalized spacial score (nSPS) is 12.6. The Bertz CT molecular complexity index is 551. The largest absolute Gasteiger partial charge is 0.392 e. The molecule has 108 valence electrons. The van der Waals surface area contributed by atoms with Crippen LogP contribution in [0.3, 0.4) is 0 Å². The minimum atomic E-state index is -0.443. The van der Waals surface area contributed by atoms with Gasteiger partial charge in [-0.2, -0.15) is 5.10 Å². The van der Waals surface area contributed by atoms with Crippen molar-refractivity contribution in [1.82, 2.24) is 9.78 Å². The molecule has 0 saturated carbocycles. The highest BCUT2D eigenvalue weighted by molar-refractivity contribution is 6.31. The fourth-order valence-electron chi connectivity index (χ4n) is 2.39. The van der Waals surface area contributed by atoms with E-state index in [1.54, 1.807) is 0 Å². The molecule has 0 aliphatic rings. The molecule has 2 aromatic rings. The van der Waals surface area contributed by atoms with Crippen molar-refractivity contribution in [2.24, 2.45) is 0 Å². The summed E-state index contributed by atoms with van der Waals surface area (Å²) < 4.78 is 1.90. The van der Waals surface area contributed by atoms with Gasteiger partial charge < -0.3 is 5.11 Å². The van der Waals surface area contributed by atoms with E-state index in [2.05, 4.69) is 5.10 Å². The van der Waals surface area contributed by atoms with Crippen molar-refractivity contribution in [2.45, 2.75) is 45.8 Å². The van der Waals surface area contributed by atoms with Crippen molar-refractivity contribution in [3.63, 3.8) is 0 Å². The first kappa shape index (κ1) is 15.1. The summed E-state index contributed by atoms with van der Waals surface area (Å²) in [6.45, 7) is 4.85. The average Bonchev–Trinajstić information content (AvgIpc) is 2.76. The summed E-state index contributed by atoms with van der Waals surface area (Å²) in [5, 5.41) is 15.5. The predicted molar refractivity (Wildman–Crippen MR) is 82.1 cm³/mol. The zero-order valence-electron chi connectivity index (χ0n) is 12.0. The first-order valence-corrected chi connectivity index (χ1v) is 7.49. The Morgan fingerprint density at radius 3 is 2.50 bits per heavy atom. The molecule has 2 rings (SSSR count). The van der Waals surface area contributed by atoms with Crippen molar-refractivity contribution < 1.29 is 5.11 Å². The highest BCUT2D eigenvalue weighted by Crippen LogP contribution is 2.23. The molecule has 20 heavy (non-hydrogen) atoms. The van der Waals surface area contributed by atoms with Gasteiger partial charge in [0.05, 0.1) is 22.5 Å². The smallest absolute Gasteiger partial charge is 0.0850 e. The standard InChI is InChI=1S/C16H21ClN2O/c1-3-14-16(17)15(19(4-2)18-14)11-13(20)10-12-8-6-5-7-9-12/h5-9,13,20H,3-4,10-11H2,1-2H3. The lowest BCUT2D eigenvalue weighted by Crippen LogP contribution is -2.17. The van der Waals surface area contributed by atoms with Crippen LogP contribution in [-0.2, 0) is 25.8 Å². The molecule has 1 N–H and O–H groups in total. The van der Waals surface area contributed by atoms with Gasteiger partial charge in [-0.15, -0.1) is 0 Å². The monoisotopic (exact) mass is 292 g/mol. The highest BCUT2D eigenvalue weighted by atomic mass is 35.5. The van der Waals surface area contributed by atoms with Crippen LogP contribution < -0.4 is 0 Å². The number of halogens is 1. The third kappa shape index (κ3) is 3.41. The van der Waals surface area contributed by atoms with E-state index >= 15 is 0 Å². The zero-order valence-corrected chi connectivity index (χ0v) is 12.8. The summed E-state index contributed by atoms with van der Waals surface area (Å²) in [6.07, 6.45) is 1.54. The fourth-order valence-corrected chi connectivity index (χ4v) is 2.74. The third-order valence-corrected chi connectivity index (χ3v) is 3.87. The summed E-state index contributed by atoms with van der Waals surface area (Å²) in [5.74, 6) is 0. The van der Waals surface area contributed by atoms with Crippen LogP contribution >= 0.6 is 11.6 Å². The number of hydrogen-bond donors (Lipinski definition) is 1. The molecule has 0 bridgehead atoms. The molecule has 1 heterocycles. The SMILES string of the molecule is CCc1nn(CC)c(CC(O)Cc2ccccc2)c1Cl. The molecular weight excluding hydrogens is 272 g/mol. The molecule has 0 aliphatic carbocycles. The number of aryl methyl sites for hydroxylation is 2. The second-order valence-corrected chi connectivity index (χ2v) is 5.30. The van der Waals surface area contributed by atoms with E-state index in [1.807, 2.05) is 48.9 Å². The van der Waals surface area contributed by atoms with Crippen molar-refractivity contribution in [2.75, 3.05) is 0 Å². The molecule has 1 atom stereocenters. The Balaban J connectivity index is 2.11. The van der Waals surface area contributed by atoms with Gasteiger partial charge in [0, 0.05) is 13.0 Å². The first-order chi connectivity index (χ1) is 9.65. The molecule has 0 radical (unpaired) electrons. The Morgan fingerprint density at radius 1 is 1.20 bits per heavy atom. The van der Waals surface area contributed by atoms with Crippen LogP contribution in [0.25, 0.3) is 0 Å². The van der Waals surface area contributed by atoms with Crippen LogP contribution in [0.2, 0.25) is 5.02 Å². The molecule has 0 aliphatic heterocycles. The summed E-state index contributed by atoms with van der Waals surface area (Å²) in [4.78, 5) is 0. The number of aliphatic hydroxyl groups is 1. The number of nitrogens with zero attached hydrogens (tertiary/aromatic N) is 2. The second kappa shape index (κ2) is 6.91. The van der Waals surface area contributed by atoms with Gasteiger partial charge in [0.15, 0.2) is 0 Å². The van der Waals surface area contributed by atoms with Gasteiger partial charge in [-0.1, -0.05) is 48.9 Å². The van der Waals surface area contributed by atoms with Crippen LogP contribution in [0.15, 0.2) is 30.3 Å². The maximum absolute atomic E-state index is 10.3. The van der Waals surface area contributed by atoms with Gasteiger partial charge in [-0.3, -0.25) is 4.68 Å². The number of aromatic nitrogens is 2.